The lowest BCUT2D eigenvalue weighted by atomic mass is 9.94. The van der Waals surface area contributed by atoms with Crippen LogP contribution in [0.3, 0.4) is 0 Å². The molecule has 2 aromatic rings. The van der Waals surface area contributed by atoms with Gasteiger partial charge in [-0.25, -0.2) is 13.6 Å². The van der Waals surface area contributed by atoms with E-state index in [0.29, 0.717) is 28.0 Å². The summed E-state index contributed by atoms with van der Waals surface area (Å²) in [6.07, 6.45) is 4.99. The van der Waals surface area contributed by atoms with Crippen LogP contribution < -0.4 is 5.32 Å². The third kappa shape index (κ3) is 5.15. The molecule has 0 aliphatic carbocycles. The second kappa shape index (κ2) is 9.44. The number of piperidine rings is 1. The van der Waals surface area contributed by atoms with E-state index in [-0.39, 0.29) is 18.9 Å². The second-order valence-corrected chi connectivity index (χ2v) is 10.1. The minimum atomic E-state index is -0.940. The van der Waals surface area contributed by atoms with Crippen LogP contribution in [-0.2, 0) is 10.0 Å². The molecule has 2 aliphatic rings. The molecule has 1 fully saturated rings. The van der Waals surface area contributed by atoms with Crippen molar-refractivity contribution in [1.29, 1.82) is 0 Å². The van der Waals surface area contributed by atoms with Crippen molar-refractivity contribution in [2.45, 2.75) is 38.8 Å². The number of carbonyl (C=O) groups is 2. The van der Waals surface area contributed by atoms with Crippen molar-refractivity contribution in [3.63, 3.8) is 0 Å². The van der Waals surface area contributed by atoms with Gasteiger partial charge in [-0.3, -0.25) is 4.79 Å². The van der Waals surface area contributed by atoms with E-state index in [1.165, 1.54) is 29.2 Å². The van der Waals surface area contributed by atoms with Crippen LogP contribution in [0.4, 0.5) is 13.6 Å². The minimum Gasteiger partial charge on any atom is -0.316 e. The van der Waals surface area contributed by atoms with Crippen molar-refractivity contribution >= 4 is 24.0 Å². The molecule has 0 bridgehead atoms. The van der Waals surface area contributed by atoms with Gasteiger partial charge in [0.05, 0.1) is 24.2 Å². The Bertz CT molecular complexity index is 1210. The molecule has 0 saturated carbocycles. The van der Waals surface area contributed by atoms with Crippen molar-refractivity contribution in [1.82, 2.24) is 15.3 Å². The summed E-state index contributed by atoms with van der Waals surface area (Å²) in [6, 6.07) is 10.9. The van der Waals surface area contributed by atoms with Crippen LogP contribution in [0.25, 0.3) is 12.2 Å². The Balaban J connectivity index is 1.66. The van der Waals surface area contributed by atoms with Gasteiger partial charge in [0.2, 0.25) is 0 Å². The zero-order chi connectivity index (χ0) is 26.3. The maximum atomic E-state index is 13.4. The Morgan fingerprint density at radius 3 is 1.69 bits per heavy atom. The monoisotopic (exact) mass is 492 g/mol. The maximum Gasteiger partial charge on any atom is 0.322 e. The Kier molecular flexibility index (Phi) is 6.68. The van der Waals surface area contributed by atoms with Gasteiger partial charge in [-0.05, 0) is 81.3 Å². The SMILES string of the molecule is CC1(C)C=C(NC(=O)N2C/C(=C\c3ccc(F)cc3)C(=O)/C(=C/c3ccc(F)cc3)C2)C(C)(C)N1[O]. The zero-order valence-electron chi connectivity index (χ0n) is 20.6. The number of urea groups is 1. The maximum absolute atomic E-state index is 13.4. The number of nitrogens with zero attached hydrogens (tertiary/aromatic N) is 2. The first-order valence-corrected chi connectivity index (χ1v) is 11.6. The molecule has 0 aromatic heterocycles. The molecule has 36 heavy (non-hydrogen) atoms. The fraction of sp³-hybridized carbons (Fsp3) is 0.286. The van der Waals surface area contributed by atoms with Gasteiger partial charge in [-0.1, -0.05) is 24.3 Å². The molecule has 2 aliphatic heterocycles. The third-order valence-corrected chi connectivity index (χ3v) is 6.44. The van der Waals surface area contributed by atoms with Crippen LogP contribution in [0, 0.1) is 11.6 Å². The summed E-state index contributed by atoms with van der Waals surface area (Å²) >= 11 is 0. The van der Waals surface area contributed by atoms with Crippen LogP contribution >= 0.6 is 0 Å². The van der Waals surface area contributed by atoms with Crippen LogP contribution in [-0.4, -0.2) is 45.9 Å². The molecule has 2 heterocycles. The number of amides is 2. The van der Waals surface area contributed by atoms with Crippen molar-refractivity contribution in [3.05, 3.63) is 94.2 Å². The lowest BCUT2D eigenvalue weighted by Gasteiger charge is -2.35. The number of carbonyl (C=O) groups excluding carboxylic acids is 2. The van der Waals surface area contributed by atoms with Gasteiger partial charge in [0.25, 0.3) is 0 Å². The summed E-state index contributed by atoms with van der Waals surface area (Å²) in [6.45, 7) is 7.07. The quantitative estimate of drug-likeness (QED) is 0.604. The third-order valence-electron chi connectivity index (χ3n) is 6.44. The fourth-order valence-electron chi connectivity index (χ4n) is 4.50. The lowest BCUT2D eigenvalue weighted by Crippen LogP contribution is -2.51. The predicted octanol–water partition coefficient (Wildman–Crippen LogP) is 5.13. The molecule has 0 atom stereocenters. The summed E-state index contributed by atoms with van der Waals surface area (Å²) in [4.78, 5) is 28.1. The number of rotatable bonds is 3. The van der Waals surface area contributed by atoms with Gasteiger partial charge in [0, 0.05) is 16.8 Å². The first kappa shape index (κ1) is 25.5. The molecule has 0 spiro atoms. The number of Topliss-reactive ketones (excluding diaryl/α,β-unsaturated/α-hetero) is 1. The van der Waals surface area contributed by atoms with Gasteiger partial charge in [0.15, 0.2) is 5.78 Å². The van der Waals surface area contributed by atoms with E-state index in [2.05, 4.69) is 5.32 Å². The zero-order valence-corrected chi connectivity index (χ0v) is 20.6. The first-order chi connectivity index (χ1) is 16.9. The first-order valence-electron chi connectivity index (χ1n) is 11.6. The Hall–Kier alpha value is -3.62. The smallest absolute Gasteiger partial charge is 0.316 e. The molecule has 8 heteroatoms. The standard InChI is InChI=1S/C28H28F2N3O3/c1-27(2)15-24(28(3,4)33(27)36)31-26(35)32-16-20(13-18-5-9-22(29)10-6-18)25(34)21(17-32)14-19-7-11-23(30)12-8-19/h5-15H,16-17H2,1-4H3,(H,31,35)/b20-13+,21-14+. The molecule has 6 nitrogen and oxygen atoms in total. The van der Waals surface area contributed by atoms with E-state index in [1.54, 1.807) is 70.2 Å². The van der Waals surface area contributed by atoms with Crippen LogP contribution in [0.1, 0.15) is 38.8 Å². The normalized spacial score (nSPS) is 21.7. The van der Waals surface area contributed by atoms with Crippen LogP contribution in [0.5, 0.6) is 0 Å². The molecule has 2 amide bonds. The van der Waals surface area contributed by atoms with E-state index in [9.17, 15) is 23.6 Å². The van der Waals surface area contributed by atoms with Crippen molar-refractivity contribution in [2.24, 2.45) is 0 Å². The number of ketones is 1. The molecular formula is C28H28F2N3O3. The van der Waals surface area contributed by atoms with Crippen molar-refractivity contribution < 1.29 is 23.6 Å². The largest absolute Gasteiger partial charge is 0.322 e. The highest BCUT2D eigenvalue weighted by molar-refractivity contribution is 6.15. The minimum absolute atomic E-state index is 0.0288. The van der Waals surface area contributed by atoms with Gasteiger partial charge >= 0.3 is 6.03 Å². The average Bonchev–Trinajstić information content (AvgIpc) is 2.97. The van der Waals surface area contributed by atoms with Crippen molar-refractivity contribution in [2.75, 3.05) is 13.1 Å². The summed E-state index contributed by atoms with van der Waals surface area (Å²) in [5.41, 5.74) is 0.689. The summed E-state index contributed by atoms with van der Waals surface area (Å²) in [5.74, 6) is -1.04. The molecule has 0 unspecified atom stereocenters. The highest BCUT2D eigenvalue weighted by Crippen LogP contribution is 2.37. The number of likely N-dealkylation sites (tertiary alicyclic amines) is 1. The van der Waals surface area contributed by atoms with Gasteiger partial charge in [-0.2, -0.15) is 0 Å². The number of nitrogens with one attached hydrogen (secondary N) is 1. The van der Waals surface area contributed by atoms with E-state index >= 15 is 0 Å². The number of hydrogen-bond acceptors (Lipinski definition) is 3. The van der Waals surface area contributed by atoms with Gasteiger partial charge in [-0.15, -0.1) is 10.3 Å². The van der Waals surface area contributed by atoms with Gasteiger partial charge < -0.3 is 10.2 Å². The Morgan fingerprint density at radius 2 is 1.31 bits per heavy atom. The molecule has 1 radical (unpaired) electrons. The van der Waals surface area contributed by atoms with Crippen LogP contribution in [0.2, 0.25) is 0 Å². The summed E-state index contributed by atoms with van der Waals surface area (Å²) in [7, 11) is 0. The topological polar surface area (TPSA) is 72.6 Å². The predicted molar refractivity (Wildman–Crippen MR) is 133 cm³/mol. The van der Waals surface area contributed by atoms with E-state index in [0.717, 1.165) is 5.06 Å². The lowest BCUT2D eigenvalue weighted by molar-refractivity contribution is -0.239. The van der Waals surface area contributed by atoms with E-state index < -0.39 is 28.7 Å². The van der Waals surface area contributed by atoms with Crippen molar-refractivity contribution in [3.8, 4) is 0 Å². The number of benzene rings is 2. The Morgan fingerprint density at radius 1 is 0.861 bits per heavy atom. The Labute approximate surface area is 209 Å². The molecule has 1 N–H and O–H groups in total. The van der Waals surface area contributed by atoms with E-state index in [4.69, 9.17) is 0 Å². The van der Waals surface area contributed by atoms with Gasteiger partial charge in [0.1, 0.15) is 11.6 Å². The number of hydroxylamine groups is 2. The molecule has 1 saturated heterocycles. The average molecular weight is 493 g/mol. The highest BCUT2D eigenvalue weighted by atomic mass is 19.1. The molecular weight excluding hydrogens is 464 g/mol. The van der Waals surface area contributed by atoms with Crippen LogP contribution in [0.15, 0.2) is 71.5 Å². The number of hydrogen-bond donors (Lipinski definition) is 1. The number of halogens is 2. The van der Waals surface area contributed by atoms with E-state index in [1.807, 2.05) is 0 Å². The summed E-state index contributed by atoms with van der Waals surface area (Å²) < 4.78 is 26.7. The summed E-state index contributed by atoms with van der Waals surface area (Å²) in [5, 5.41) is 16.5. The highest BCUT2D eigenvalue weighted by Gasteiger charge is 2.47. The fourth-order valence-corrected chi connectivity index (χ4v) is 4.50. The molecule has 2 aromatic carbocycles. The second-order valence-electron chi connectivity index (χ2n) is 10.1. The molecule has 4 rings (SSSR count). The molecule has 187 valence electrons.